The maximum atomic E-state index is 13.3. The molecule has 10 nitrogen and oxygen atoms in total. The van der Waals surface area contributed by atoms with Crippen LogP contribution in [0.5, 0.6) is 0 Å². The number of benzene rings is 1. The molecule has 1 atom stereocenters. The van der Waals surface area contributed by atoms with E-state index in [1.165, 1.54) is 16.8 Å². The number of hydroxylamine groups is 1. The number of amides is 2. The Balaban J connectivity index is 1.73. The van der Waals surface area contributed by atoms with Gasteiger partial charge >= 0.3 is 0 Å². The second-order valence-electron chi connectivity index (χ2n) is 7.75. The van der Waals surface area contributed by atoms with Crippen molar-refractivity contribution in [1.82, 2.24) is 19.1 Å². The number of carbonyl (C=O) groups is 2. The fourth-order valence-corrected chi connectivity index (χ4v) is 6.24. The fourth-order valence-electron chi connectivity index (χ4n) is 3.70. The number of anilines is 1. The lowest BCUT2D eigenvalue weighted by atomic mass is 10.2. The summed E-state index contributed by atoms with van der Waals surface area (Å²) in [5, 5.41) is 13.8. The molecule has 2 amide bonds. The molecule has 12 heteroatoms. The van der Waals surface area contributed by atoms with Gasteiger partial charge in [0.1, 0.15) is 6.04 Å². The fraction of sp³-hybridized carbons (Fsp3) is 0.476. The zero-order valence-electron chi connectivity index (χ0n) is 18.4. The smallest absolute Gasteiger partial charge is 0.283 e. The van der Waals surface area contributed by atoms with Gasteiger partial charge in [-0.3, -0.25) is 14.8 Å². The minimum absolute atomic E-state index is 0.126. The number of unbranched alkanes of at least 4 members (excludes halogenated alkanes) is 2. The Labute approximate surface area is 197 Å². The molecule has 2 aromatic rings. The second kappa shape index (κ2) is 11.7. The van der Waals surface area contributed by atoms with Crippen LogP contribution in [0, 0.1) is 0 Å². The molecule has 1 aliphatic heterocycles. The van der Waals surface area contributed by atoms with E-state index in [2.05, 4.69) is 10.3 Å². The van der Waals surface area contributed by atoms with E-state index >= 15 is 0 Å². The van der Waals surface area contributed by atoms with Crippen LogP contribution in [0.2, 0.25) is 0 Å². The van der Waals surface area contributed by atoms with Crippen molar-refractivity contribution in [1.29, 1.82) is 0 Å². The SMILES string of the molecule is CCCCCN(CC(=O)NO)S(=O)(=O)N1CCCC1C(=O)Nc1nc(-c2ccccc2)cs1. The minimum atomic E-state index is -4.09. The van der Waals surface area contributed by atoms with Crippen molar-refractivity contribution < 1.29 is 23.2 Å². The van der Waals surface area contributed by atoms with Gasteiger partial charge in [-0.1, -0.05) is 50.1 Å². The van der Waals surface area contributed by atoms with E-state index in [1.807, 2.05) is 42.6 Å². The molecule has 0 radical (unpaired) electrons. The predicted molar refractivity (Wildman–Crippen MR) is 126 cm³/mol. The van der Waals surface area contributed by atoms with Crippen LogP contribution in [-0.2, 0) is 19.8 Å². The normalized spacial score (nSPS) is 16.8. The average Bonchev–Trinajstić information content (AvgIpc) is 3.49. The lowest BCUT2D eigenvalue weighted by molar-refractivity contribution is -0.129. The van der Waals surface area contributed by atoms with E-state index in [0.29, 0.717) is 24.4 Å². The summed E-state index contributed by atoms with van der Waals surface area (Å²) >= 11 is 1.27. The van der Waals surface area contributed by atoms with E-state index in [-0.39, 0.29) is 13.1 Å². The van der Waals surface area contributed by atoms with Crippen molar-refractivity contribution in [3.05, 3.63) is 35.7 Å². The topological polar surface area (TPSA) is 132 Å². The van der Waals surface area contributed by atoms with Gasteiger partial charge in [-0.15, -0.1) is 11.3 Å². The molecule has 0 saturated carbocycles. The summed E-state index contributed by atoms with van der Waals surface area (Å²) in [4.78, 5) is 29.2. The van der Waals surface area contributed by atoms with Crippen LogP contribution in [0.1, 0.15) is 39.0 Å². The van der Waals surface area contributed by atoms with Gasteiger partial charge in [0.25, 0.3) is 16.1 Å². The van der Waals surface area contributed by atoms with E-state index in [9.17, 15) is 18.0 Å². The molecule has 1 aromatic carbocycles. The predicted octanol–water partition coefficient (Wildman–Crippen LogP) is 2.46. The van der Waals surface area contributed by atoms with Gasteiger partial charge in [0, 0.05) is 24.0 Å². The zero-order chi connectivity index (χ0) is 23.8. The molecule has 1 saturated heterocycles. The van der Waals surface area contributed by atoms with Crippen LogP contribution < -0.4 is 10.8 Å². The lowest BCUT2D eigenvalue weighted by Gasteiger charge is -2.29. The summed E-state index contributed by atoms with van der Waals surface area (Å²) in [5.74, 6) is -1.28. The number of carbonyl (C=O) groups excluding carboxylic acids is 2. The summed E-state index contributed by atoms with van der Waals surface area (Å²) in [5.41, 5.74) is 3.13. The first-order chi connectivity index (χ1) is 15.9. The van der Waals surface area contributed by atoms with Gasteiger partial charge < -0.3 is 5.32 Å². The van der Waals surface area contributed by atoms with Crippen molar-refractivity contribution >= 4 is 38.5 Å². The highest BCUT2D eigenvalue weighted by Gasteiger charge is 2.42. The Hall–Kier alpha value is -2.38. The van der Waals surface area contributed by atoms with Gasteiger partial charge in [-0.05, 0) is 19.3 Å². The first-order valence-corrected chi connectivity index (χ1v) is 13.2. The molecule has 1 unspecified atom stereocenters. The molecule has 0 bridgehead atoms. The molecule has 2 heterocycles. The van der Waals surface area contributed by atoms with Gasteiger partial charge in [0.15, 0.2) is 5.13 Å². The molecular formula is C21H29N5O5S2. The number of nitrogens with one attached hydrogen (secondary N) is 2. The molecule has 3 N–H and O–H groups in total. The summed E-state index contributed by atoms with van der Waals surface area (Å²) in [6.07, 6.45) is 3.15. The lowest BCUT2D eigenvalue weighted by Crippen LogP contribution is -2.52. The maximum absolute atomic E-state index is 13.3. The highest BCUT2D eigenvalue weighted by Crippen LogP contribution is 2.28. The Morgan fingerprint density at radius 2 is 2.03 bits per heavy atom. The van der Waals surface area contributed by atoms with Gasteiger partial charge in [-0.25, -0.2) is 10.5 Å². The van der Waals surface area contributed by atoms with Crippen molar-refractivity contribution in [3.63, 3.8) is 0 Å². The number of nitrogens with zero attached hydrogens (tertiary/aromatic N) is 3. The molecule has 1 aliphatic rings. The molecule has 0 spiro atoms. The van der Waals surface area contributed by atoms with Crippen LogP contribution in [0.25, 0.3) is 11.3 Å². The van der Waals surface area contributed by atoms with E-state index in [1.54, 1.807) is 0 Å². The summed E-state index contributed by atoms with van der Waals surface area (Å²) in [6, 6.07) is 8.65. The largest absolute Gasteiger partial charge is 0.301 e. The molecule has 1 fully saturated rings. The molecular weight excluding hydrogens is 466 g/mol. The van der Waals surface area contributed by atoms with E-state index < -0.39 is 34.6 Å². The average molecular weight is 496 g/mol. The summed E-state index contributed by atoms with van der Waals surface area (Å²) < 4.78 is 28.8. The first kappa shape index (κ1) is 25.2. The summed E-state index contributed by atoms with van der Waals surface area (Å²) in [6.45, 7) is 1.78. The van der Waals surface area contributed by atoms with Crippen LogP contribution >= 0.6 is 11.3 Å². The molecule has 180 valence electrons. The van der Waals surface area contributed by atoms with Crippen molar-refractivity contribution in [2.75, 3.05) is 25.0 Å². The van der Waals surface area contributed by atoms with Crippen LogP contribution in [0.3, 0.4) is 0 Å². The highest BCUT2D eigenvalue weighted by atomic mass is 32.2. The minimum Gasteiger partial charge on any atom is -0.301 e. The Morgan fingerprint density at radius 3 is 2.73 bits per heavy atom. The van der Waals surface area contributed by atoms with Crippen molar-refractivity contribution in [2.24, 2.45) is 0 Å². The van der Waals surface area contributed by atoms with Crippen molar-refractivity contribution in [2.45, 2.75) is 45.1 Å². The molecule has 33 heavy (non-hydrogen) atoms. The second-order valence-corrected chi connectivity index (χ2v) is 10.5. The van der Waals surface area contributed by atoms with Gasteiger partial charge in [0.05, 0.1) is 12.2 Å². The number of thiazole rings is 1. The Morgan fingerprint density at radius 1 is 1.27 bits per heavy atom. The van der Waals surface area contributed by atoms with Crippen LogP contribution in [-0.4, -0.2) is 64.7 Å². The standard InChI is InChI=1S/C21H29N5O5S2/c1-2-3-7-12-25(14-19(27)24-29)33(30,31)26-13-8-11-18(26)20(28)23-21-22-17(15-32-21)16-9-5-4-6-10-16/h4-6,9-10,15,18,29H,2-3,7-8,11-14H2,1H3,(H,24,27)(H,22,23,28). The molecule has 1 aromatic heterocycles. The number of aromatic nitrogens is 1. The van der Waals surface area contributed by atoms with Gasteiger partial charge in [0.2, 0.25) is 5.91 Å². The third-order valence-electron chi connectivity index (χ3n) is 5.39. The Bertz CT molecular complexity index is 1040. The first-order valence-electron chi connectivity index (χ1n) is 10.9. The Kier molecular flexibility index (Phi) is 8.92. The number of rotatable bonds is 11. The quantitative estimate of drug-likeness (QED) is 0.249. The van der Waals surface area contributed by atoms with Crippen LogP contribution in [0.4, 0.5) is 5.13 Å². The van der Waals surface area contributed by atoms with E-state index in [4.69, 9.17) is 5.21 Å². The third kappa shape index (κ3) is 6.36. The zero-order valence-corrected chi connectivity index (χ0v) is 20.1. The highest BCUT2D eigenvalue weighted by molar-refractivity contribution is 7.86. The summed E-state index contributed by atoms with van der Waals surface area (Å²) in [7, 11) is -4.09. The molecule has 0 aliphatic carbocycles. The maximum Gasteiger partial charge on any atom is 0.283 e. The van der Waals surface area contributed by atoms with Crippen molar-refractivity contribution in [3.8, 4) is 11.3 Å². The molecule has 3 rings (SSSR count). The van der Waals surface area contributed by atoms with E-state index in [0.717, 1.165) is 32.7 Å². The number of hydrogen-bond acceptors (Lipinski definition) is 7. The number of hydrogen-bond donors (Lipinski definition) is 3. The third-order valence-corrected chi connectivity index (χ3v) is 8.14. The van der Waals surface area contributed by atoms with Crippen LogP contribution in [0.15, 0.2) is 35.7 Å². The van der Waals surface area contributed by atoms with Gasteiger partial charge in [-0.2, -0.15) is 17.0 Å². The monoisotopic (exact) mass is 495 g/mol.